The highest BCUT2D eigenvalue weighted by Crippen LogP contribution is 2.16. The maximum atomic E-state index is 12.0. The fourth-order valence-corrected chi connectivity index (χ4v) is 2.65. The minimum absolute atomic E-state index is 0.136. The smallest absolute Gasteiger partial charge is 0.416 e. The van der Waals surface area contributed by atoms with E-state index in [0.717, 1.165) is 26.1 Å². The number of imide groups is 1. The zero-order valence-corrected chi connectivity index (χ0v) is 10.9. The van der Waals surface area contributed by atoms with E-state index in [1.165, 1.54) is 11.3 Å². The molecule has 2 fully saturated rings. The van der Waals surface area contributed by atoms with Gasteiger partial charge in [-0.05, 0) is 38.9 Å². The highest BCUT2D eigenvalue weighted by molar-refractivity contribution is 5.94. The Morgan fingerprint density at radius 3 is 3.00 bits per heavy atom. The number of piperidine rings is 1. The largest absolute Gasteiger partial charge is 0.447 e. The van der Waals surface area contributed by atoms with Gasteiger partial charge in [0.25, 0.3) is 0 Å². The molecule has 2 rings (SSSR count). The number of nitrogens with zero attached hydrogens (tertiary/aromatic N) is 2. The Hall–Kier alpha value is -1.14. The third-order valence-corrected chi connectivity index (χ3v) is 3.52. The average Bonchev–Trinajstić information content (AvgIpc) is 2.76. The Labute approximate surface area is 107 Å². The number of ether oxygens (including phenoxy) is 1. The average molecular weight is 255 g/mol. The van der Waals surface area contributed by atoms with Crippen molar-refractivity contribution in [2.45, 2.75) is 12.8 Å². The van der Waals surface area contributed by atoms with Gasteiger partial charge in [0.2, 0.25) is 5.91 Å². The van der Waals surface area contributed by atoms with Crippen LogP contribution in [-0.4, -0.2) is 68.2 Å². The lowest BCUT2D eigenvalue weighted by molar-refractivity contribution is -0.129. The van der Waals surface area contributed by atoms with E-state index < -0.39 is 6.09 Å². The van der Waals surface area contributed by atoms with Gasteiger partial charge in [-0.2, -0.15) is 0 Å². The van der Waals surface area contributed by atoms with E-state index in [1.54, 1.807) is 0 Å². The van der Waals surface area contributed by atoms with Crippen molar-refractivity contribution in [2.24, 2.45) is 5.92 Å². The van der Waals surface area contributed by atoms with E-state index >= 15 is 0 Å². The third-order valence-electron chi connectivity index (χ3n) is 3.52. The van der Waals surface area contributed by atoms with Gasteiger partial charge in [0.1, 0.15) is 6.61 Å². The van der Waals surface area contributed by atoms with Crippen molar-refractivity contribution in [1.82, 2.24) is 15.1 Å². The molecule has 1 unspecified atom stereocenters. The monoisotopic (exact) mass is 255 g/mol. The number of nitrogens with one attached hydrogen (secondary N) is 1. The van der Waals surface area contributed by atoms with E-state index in [0.29, 0.717) is 25.6 Å². The first-order valence-electron chi connectivity index (χ1n) is 6.55. The van der Waals surface area contributed by atoms with Crippen molar-refractivity contribution < 1.29 is 14.3 Å². The summed E-state index contributed by atoms with van der Waals surface area (Å²) in [5.41, 5.74) is 0. The number of cyclic esters (lactones) is 1. The van der Waals surface area contributed by atoms with Crippen LogP contribution in [0.25, 0.3) is 0 Å². The minimum atomic E-state index is -0.496. The van der Waals surface area contributed by atoms with E-state index in [4.69, 9.17) is 4.74 Å². The molecule has 0 radical (unpaired) electrons. The Kier molecular flexibility index (Phi) is 4.54. The van der Waals surface area contributed by atoms with Crippen LogP contribution in [0.1, 0.15) is 12.8 Å². The molecule has 1 atom stereocenters. The zero-order chi connectivity index (χ0) is 13.0. The van der Waals surface area contributed by atoms with Gasteiger partial charge in [-0.3, -0.25) is 9.69 Å². The van der Waals surface area contributed by atoms with Crippen molar-refractivity contribution in [2.75, 3.05) is 46.4 Å². The molecule has 6 heteroatoms. The summed E-state index contributed by atoms with van der Waals surface area (Å²) < 4.78 is 4.77. The van der Waals surface area contributed by atoms with E-state index in [9.17, 15) is 9.59 Å². The van der Waals surface area contributed by atoms with Gasteiger partial charge in [-0.1, -0.05) is 0 Å². The Balaban J connectivity index is 1.81. The fourth-order valence-electron chi connectivity index (χ4n) is 2.65. The Morgan fingerprint density at radius 1 is 1.50 bits per heavy atom. The van der Waals surface area contributed by atoms with Gasteiger partial charge in [0.05, 0.1) is 13.1 Å². The highest BCUT2D eigenvalue weighted by Gasteiger charge is 2.30. The molecule has 2 aliphatic rings. The van der Waals surface area contributed by atoms with Crippen LogP contribution in [0.3, 0.4) is 0 Å². The molecular weight excluding hydrogens is 234 g/mol. The molecule has 0 aliphatic carbocycles. The van der Waals surface area contributed by atoms with Crippen molar-refractivity contribution in [1.29, 1.82) is 0 Å². The molecule has 102 valence electrons. The van der Waals surface area contributed by atoms with Crippen LogP contribution in [0.5, 0.6) is 0 Å². The summed E-state index contributed by atoms with van der Waals surface area (Å²) in [4.78, 5) is 26.6. The number of likely N-dealkylation sites (tertiary alicyclic amines) is 1. The second kappa shape index (κ2) is 6.15. The number of hydrogen-bond acceptors (Lipinski definition) is 5. The molecule has 2 aliphatic heterocycles. The van der Waals surface area contributed by atoms with Gasteiger partial charge < -0.3 is 10.1 Å². The highest BCUT2D eigenvalue weighted by atomic mass is 16.6. The molecule has 0 spiro atoms. The molecule has 0 bridgehead atoms. The maximum absolute atomic E-state index is 12.0. The summed E-state index contributed by atoms with van der Waals surface area (Å²) in [6.45, 7) is 3.90. The Morgan fingerprint density at radius 2 is 2.33 bits per heavy atom. The van der Waals surface area contributed by atoms with Crippen LogP contribution >= 0.6 is 0 Å². The minimum Gasteiger partial charge on any atom is -0.447 e. The van der Waals surface area contributed by atoms with Crippen molar-refractivity contribution in [3.8, 4) is 0 Å². The topological polar surface area (TPSA) is 61.9 Å². The van der Waals surface area contributed by atoms with E-state index in [-0.39, 0.29) is 5.91 Å². The number of carbonyl (C=O) groups excluding carboxylic acids is 2. The van der Waals surface area contributed by atoms with Crippen LogP contribution in [0, 0.1) is 5.92 Å². The lowest BCUT2D eigenvalue weighted by atomic mass is 9.98. The summed E-state index contributed by atoms with van der Waals surface area (Å²) in [6, 6.07) is 0. The van der Waals surface area contributed by atoms with Gasteiger partial charge in [-0.25, -0.2) is 9.69 Å². The van der Waals surface area contributed by atoms with Crippen LogP contribution in [-0.2, 0) is 9.53 Å². The standard InChI is InChI=1S/C12H21N3O3/c1-13-7-10-3-2-4-14(8-10)9-11(16)15-5-6-18-12(15)17/h10,13H,2-9H2,1H3. The van der Waals surface area contributed by atoms with Gasteiger partial charge in [0.15, 0.2) is 0 Å². The summed E-state index contributed by atoms with van der Waals surface area (Å²) in [5.74, 6) is 0.463. The first-order valence-corrected chi connectivity index (χ1v) is 6.55. The molecule has 6 nitrogen and oxygen atoms in total. The number of carbonyl (C=O) groups is 2. The first-order chi connectivity index (χ1) is 8.70. The molecule has 18 heavy (non-hydrogen) atoms. The summed E-state index contributed by atoms with van der Waals surface area (Å²) in [7, 11) is 1.95. The lowest BCUT2D eigenvalue weighted by Crippen LogP contribution is -2.45. The predicted molar refractivity (Wildman–Crippen MR) is 66.2 cm³/mol. The fraction of sp³-hybridized carbons (Fsp3) is 0.833. The lowest BCUT2D eigenvalue weighted by Gasteiger charge is -2.32. The molecule has 1 N–H and O–H groups in total. The van der Waals surface area contributed by atoms with Crippen LogP contribution in [0.15, 0.2) is 0 Å². The van der Waals surface area contributed by atoms with Gasteiger partial charge >= 0.3 is 6.09 Å². The maximum Gasteiger partial charge on any atom is 0.416 e. The van der Waals surface area contributed by atoms with Crippen LogP contribution in [0.4, 0.5) is 4.79 Å². The predicted octanol–water partition coefficient (Wildman–Crippen LogP) is -0.103. The number of rotatable bonds is 4. The summed E-state index contributed by atoms with van der Waals surface area (Å²) >= 11 is 0. The summed E-state index contributed by atoms with van der Waals surface area (Å²) in [6.07, 6.45) is 1.82. The SMILES string of the molecule is CNCC1CCCN(CC(=O)N2CCOC2=O)C1. The number of hydrogen-bond donors (Lipinski definition) is 1. The van der Waals surface area contributed by atoms with E-state index in [1.807, 2.05) is 7.05 Å². The molecule has 0 saturated carbocycles. The molecule has 0 aromatic carbocycles. The van der Waals surface area contributed by atoms with Crippen molar-refractivity contribution in [3.63, 3.8) is 0 Å². The molecule has 0 aromatic rings. The normalized spacial score (nSPS) is 25.3. The second-order valence-corrected chi connectivity index (χ2v) is 4.96. The van der Waals surface area contributed by atoms with Gasteiger partial charge in [-0.15, -0.1) is 0 Å². The van der Waals surface area contributed by atoms with Crippen molar-refractivity contribution in [3.05, 3.63) is 0 Å². The van der Waals surface area contributed by atoms with Crippen molar-refractivity contribution >= 4 is 12.0 Å². The van der Waals surface area contributed by atoms with E-state index in [2.05, 4.69) is 10.2 Å². The third kappa shape index (κ3) is 3.20. The zero-order valence-electron chi connectivity index (χ0n) is 10.9. The number of amides is 2. The van der Waals surface area contributed by atoms with Crippen LogP contribution < -0.4 is 5.32 Å². The second-order valence-electron chi connectivity index (χ2n) is 4.96. The quantitative estimate of drug-likeness (QED) is 0.760. The summed E-state index contributed by atoms with van der Waals surface area (Å²) in [5, 5.41) is 3.18. The molecule has 0 aromatic heterocycles. The molecule has 2 amide bonds. The first kappa shape index (κ1) is 13.3. The molecule has 2 heterocycles. The molecular formula is C12H21N3O3. The Bertz CT molecular complexity index is 320. The van der Waals surface area contributed by atoms with Crippen LogP contribution in [0.2, 0.25) is 0 Å². The van der Waals surface area contributed by atoms with Gasteiger partial charge in [0, 0.05) is 6.54 Å². The molecule has 2 saturated heterocycles.